The second kappa shape index (κ2) is 11.5. The molecular weight excluding hydrogens is 612 g/mol. The number of ether oxygens (including phenoxy) is 1. The fourth-order valence-corrected chi connectivity index (χ4v) is 7.73. The van der Waals surface area contributed by atoms with Crippen LogP contribution in [0.5, 0.6) is 11.5 Å². The number of halogens is 1. The van der Waals surface area contributed by atoms with Crippen LogP contribution in [0.1, 0.15) is 34.7 Å². The molecule has 2 atom stereocenters. The molecule has 1 aliphatic heterocycles. The topological polar surface area (TPSA) is 147 Å². The van der Waals surface area contributed by atoms with Gasteiger partial charge in [-0.1, -0.05) is 60.1 Å². The van der Waals surface area contributed by atoms with Crippen molar-refractivity contribution in [3.63, 3.8) is 0 Å². The molecule has 6 rings (SSSR count). The number of carbonyl (C=O) groups excluding carboxylic acids is 1. The first-order valence-electron chi connectivity index (χ1n) is 13.2. The lowest BCUT2D eigenvalue weighted by molar-refractivity contribution is -0.118. The van der Waals surface area contributed by atoms with E-state index in [1.165, 1.54) is 12.1 Å². The number of H-pyrrole nitrogens is 1. The summed E-state index contributed by atoms with van der Waals surface area (Å²) in [5.74, 6) is 0.744. The van der Waals surface area contributed by atoms with Gasteiger partial charge in [0.1, 0.15) is 22.6 Å². The van der Waals surface area contributed by atoms with Crippen molar-refractivity contribution < 1.29 is 26.4 Å². The Kier molecular flexibility index (Phi) is 7.69. The predicted octanol–water partition coefficient (Wildman–Crippen LogP) is 5.16. The summed E-state index contributed by atoms with van der Waals surface area (Å²) in [6, 6.07) is 26.2. The molecular formula is C30H25ClN4O6S2. The molecule has 0 radical (unpaired) electrons. The maximum Gasteiger partial charge on any atom is 0.242 e. The molecule has 5 aromatic rings. The zero-order valence-electron chi connectivity index (χ0n) is 22.4. The van der Waals surface area contributed by atoms with Gasteiger partial charge in [-0.2, -0.15) is 0 Å². The molecule has 13 heteroatoms. The molecule has 1 saturated heterocycles. The summed E-state index contributed by atoms with van der Waals surface area (Å²) < 4.78 is 62.6. The minimum Gasteiger partial charge on any atom is -0.457 e. The van der Waals surface area contributed by atoms with Crippen LogP contribution in [0.3, 0.4) is 0 Å². The zero-order chi connectivity index (χ0) is 30.2. The number of amides is 1. The molecule has 1 unspecified atom stereocenters. The van der Waals surface area contributed by atoms with Crippen molar-refractivity contribution in [1.29, 1.82) is 0 Å². The van der Waals surface area contributed by atoms with Crippen LogP contribution in [0.4, 0.5) is 0 Å². The Balaban J connectivity index is 1.30. The van der Waals surface area contributed by atoms with Gasteiger partial charge < -0.3 is 9.72 Å². The van der Waals surface area contributed by atoms with E-state index in [0.29, 0.717) is 44.5 Å². The highest BCUT2D eigenvalue weighted by atomic mass is 35.5. The van der Waals surface area contributed by atoms with Crippen LogP contribution >= 0.6 is 11.6 Å². The Morgan fingerprint density at radius 2 is 1.70 bits per heavy atom. The third-order valence-electron chi connectivity index (χ3n) is 6.98. The van der Waals surface area contributed by atoms with Gasteiger partial charge in [-0.05, 0) is 60.0 Å². The summed E-state index contributed by atoms with van der Waals surface area (Å²) in [6.45, 7) is 0. The highest BCUT2D eigenvalue weighted by molar-refractivity contribution is 7.90. The minimum absolute atomic E-state index is 0.00374. The Morgan fingerprint density at radius 3 is 2.42 bits per heavy atom. The van der Waals surface area contributed by atoms with Gasteiger partial charge >= 0.3 is 0 Å². The zero-order valence-corrected chi connectivity index (χ0v) is 24.8. The van der Waals surface area contributed by atoms with E-state index in [2.05, 4.69) is 14.7 Å². The molecule has 1 fully saturated rings. The van der Waals surface area contributed by atoms with Crippen LogP contribution in [0.2, 0.25) is 5.02 Å². The van der Waals surface area contributed by atoms with Crippen LogP contribution < -0.4 is 14.2 Å². The van der Waals surface area contributed by atoms with Crippen LogP contribution in [0, 0.1) is 0 Å². The van der Waals surface area contributed by atoms with E-state index in [-0.39, 0.29) is 17.7 Å². The van der Waals surface area contributed by atoms with Gasteiger partial charge in [0.05, 0.1) is 28.4 Å². The third kappa shape index (κ3) is 6.42. The van der Waals surface area contributed by atoms with Crippen molar-refractivity contribution in [3.05, 3.63) is 119 Å². The summed E-state index contributed by atoms with van der Waals surface area (Å²) in [5.41, 5.74) is 2.43. The van der Waals surface area contributed by atoms with Crippen LogP contribution in [0.15, 0.2) is 102 Å². The lowest BCUT2D eigenvalue weighted by atomic mass is 10.0. The van der Waals surface area contributed by atoms with Gasteiger partial charge in [0, 0.05) is 11.1 Å². The number of para-hydroxylation sites is 1. The van der Waals surface area contributed by atoms with Crippen LogP contribution in [-0.4, -0.2) is 32.7 Å². The summed E-state index contributed by atoms with van der Waals surface area (Å²) in [6.07, 6.45) is 0.0283. The molecule has 4 aromatic carbocycles. The molecule has 0 spiro atoms. The Labute approximate surface area is 253 Å². The number of fused-ring (bicyclic) bond motifs is 1. The van der Waals surface area contributed by atoms with Crippen molar-refractivity contribution in [2.24, 2.45) is 0 Å². The predicted molar refractivity (Wildman–Crippen MR) is 162 cm³/mol. The molecule has 1 aromatic heterocycles. The van der Waals surface area contributed by atoms with E-state index in [4.69, 9.17) is 16.3 Å². The maximum atomic E-state index is 13.7. The molecule has 10 nitrogen and oxygen atoms in total. The number of nitrogens with one attached hydrogen (secondary N) is 3. The molecule has 220 valence electrons. The van der Waals surface area contributed by atoms with E-state index in [1.54, 1.807) is 66.7 Å². The monoisotopic (exact) mass is 636 g/mol. The van der Waals surface area contributed by atoms with Crippen molar-refractivity contribution >= 4 is 48.6 Å². The van der Waals surface area contributed by atoms with E-state index in [1.807, 2.05) is 22.9 Å². The highest BCUT2D eigenvalue weighted by Crippen LogP contribution is 2.31. The first-order chi connectivity index (χ1) is 20.6. The number of benzene rings is 4. The summed E-state index contributed by atoms with van der Waals surface area (Å²) in [5, 5.41) is -0.477. The van der Waals surface area contributed by atoms with Crippen LogP contribution in [0.25, 0.3) is 11.0 Å². The van der Waals surface area contributed by atoms with E-state index in [9.17, 15) is 21.6 Å². The SMILES string of the molecule is O=C1CC(c2ccc(C[C@H](NS(=O)(=O)c3cccc(Oc4ccccc4)c3)c3nc4ccc(Cl)cc4[nH]3)cc2)S(=O)(=O)N1. The van der Waals surface area contributed by atoms with Gasteiger partial charge in [-0.15, -0.1) is 0 Å². The lowest BCUT2D eigenvalue weighted by Crippen LogP contribution is -2.31. The van der Waals surface area contributed by atoms with Crippen molar-refractivity contribution in [1.82, 2.24) is 19.4 Å². The fourth-order valence-electron chi connectivity index (χ4n) is 4.90. The average Bonchev–Trinajstić information content (AvgIpc) is 3.52. The number of carbonyl (C=O) groups is 1. The first kappa shape index (κ1) is 28.9. The highest BCUT2D eigenvalue weighted by Gasteiger charge is 2.37. The number of aromatic amines is 1. The molecule has 1 amide bonds. The summed E-state index contributed by atoms with van der Waals surface area (Å²) in [4.78, 5) is 19.5. The summed E-state index contributed by atoms with van der Waals surface area (Å²) >= 11 is 6.15. The van der Waals surface area contributed by atoms with E-state index in [0.717, 1.165) is 0 Å². The molecule has 2 heterocycles. The summed E-state index contributed by atoms with van der Waals surface area (Å²) in [7, 11) is -7.86. The second-order valence-corrected chi connectivity index (χ2v) is 14.1. The smallest absolute Gasteiger partial charge is 0.242 e. The van der Waals surface area contributed by atoms with E-state index < -0.39 is 37.2 Å². The number of rotatable bonds is 9. The van der Waals surface area contributed by atoms with Crippen molar-refractivity contribution in [2.45, 2.75) is 29.0 Å². The Bertz CT molecular complexity index is 2030. The number of nitrogens with zero attached hydrogens (tertiary/aromatic N) is 1. The Hall–Kier alpha value is -4.23. The molecule has 43 heavy (non-hydrogen) atoms. The number of imidazole rings is 1. The molecule has 0 saturated carbocycles. The number of hydrogen-bond donors (Lipinski definition) is 3. The van der Waals surface area contributed by atoms with Gasteiger partial charge in [-0.3, -0.25) is 9.52 Å². The standard InChI is InChI=1S/C30H25ClN4O6S2/c31-21-13-14-25-26(16-21)33-30(32-25)27(15-19-9-11-20(12-10-19)28-18-29(36)35-43(28,39)40)34-42(37,38)24-8-4-7-23(17-24)41-22-5-2-1-3-6-22/h1-14,16-17,27-28,34H,15,18H2,(H,32,33)(H,35,36)/t27-,28?/m0/s1. The molecule has 1 aliphatic rings. The fraction of sp³-hybridized carbons (Fsp3) is 0.133. The normalized spacial score (nSPS) is 17.0. The van der Waals surface area contributed by atoms with Crippen LogP contribution in [-0.2, 0) is 31.3 Å². The van der Waals surface area contributed by atoms with Crippen molar-refractivity contribution in [3.8, 4) is 11.5 Å². The first-order valence-corrected chi connectivity index (χ1v) is 16.6. The van der Waals surface area contributed by atoms with Gasteiger partial charge in [0.15, 0.2) is 0 Å². The van der Waals surface area contributed by atoms with Gasteiger partial charge in [-0.25, -0.2) is 26.5 Å². The largest absolute Gasteiger partial charge is 0.457 e. The number of aromatic nitrogens is 2. The van der Waals surface area contributed by atoms with Gasteiger partial charge in [0.2, 0.25) is 26.0 Å². The van der Waals surface area contributed by atoms with Gasteiger partial charge in [0.25, 0.3) is 0 Å². The molecule has 3 N–H and O–H groups in total. The average molecular weight is 637 g/mol. The maximum absolute atomic E-state index is 13.7. The minimum atomic E-state index is -4.07. The van der Waals surface area contributed by atoms with E-state index >= 15 is 0 Å². The number of hydrogen-bond acceptors (Lipinski definition) is 7. The number of sulfonamides is 2. The second-order valence-electron chi connectivity index (χ2n) is 10.1. The lowest BCUT2D eigenvalue weighted by Gasteiger charge is -2.18. The third-order valence-corrected chi connectivity index (χ3v) is 10.4. The Morgan fingerprint density at radius 1 is 0.953 bits per heavy atom. The molecule has 0 aliphatic carbocycles. The molecule has 0 bridgehead atoms. The van der Waals surface area contributed by atoms with Crippen molar-refractivity contribution in [2.75, 3.05) is 0 Å². The quantitative estimate of drug-likeness (QED) is 0.202.